The second-order valence-electron chi connectivity index (χ2n) is 2.30. The highest BCUT2D eigenvalue weighted by Gasteiger charge is 2.06. The van der Waals surface area contributed by atoms with E-state index in [1.165, 1.54) is 24.3 Å². The molecule has 0 amide bonds. The molecule has 6 nitrogen and oxygen atoms in total. The average molecular weight is 215 g/mol. The summed E-state index contributed by atoms with van der Waals surface area (Å²) in [6.45, 7) is 0. The molecule has 0 spiro atoms. The predicted molar refractivity (Wildman–Crippen MR) is 48.6 cm³/mol. The number of hydrazine groups is 1. The van der Waals surface area contributed by atoms with Gasteiger partial charge in [0.15, 0.2) is 0 Å². The lowest BCUT2D eigenvalue weighted by atomic mass is 10.2. The molecule has 0 aromatic heterocycles. The summed E-state index contributed by atoms with van der Waals surface area (Å²) in [6, 6.07) is 5.82. The molecule has 0 radical (unpaired) electrons. The molecular formula is C7H7N2O4S-. The Labute approximate surface area is 82.5 Å². The van der Waals surface area contributed by atoms with Crippen LogP contribution in [-0.4, -0.2) is 14.7 Å². The van der Waals surface area contributed by atoms with Crippen molar-refractivity contribution >= 4 is 23.0 Å². The van der Waals surface area contributed by atoms with Crippen molar-refractivity contribution in [2.45, 2.75) is 0 Å². The Morgan fingerprint density at radius 2 is 2.00 bits per heavy atom. The zero-order chi connectivity index (χ0) is 10.6. The highest BCUT2D eigenvalue weighted by Crippen LogP contribution is 2.09. The molecule has 3 N–H and O–H groups in total. The number of nitrogens with one attached hydrogen (secondary N) is 1. The van der Waals surface area contributed by atoms with Crippen LogP contribution in [0.3, 0.4) is 0 Å². The number of carbonyl (C=O) groups excluding carboxylic acids is 1. The Kier molecular flexibility index (Phi) is 3.57. The molecule has 1 aromatic carbocycles. The van der Waals surface area contributed by atoms with Crippen LogP contribution in [0.15, 0.2) is 24.3 Å². The summed E-state index contributed by atoms with van der Waals surface area (Å²) in [6.07, 6.45) is 0. The summed E-state index contributed by atoms with van der Waals surface area (Å²) < 4.78 is 24.0. The van der Waals surface area contributed by atoms with E-state index in [1.807, 2.05) is 0 Å². The molecule has 1 atom stereocenters. The molecule has 0 aliphatic heterocycles. The molecule has 7 heteroatoms. The number of nitrogens with two attached hydrogens (primary N) is 1. The van der Waals surface area contributed by atoms with E-state index in [2.05, 4.69) is 9.61 Å². The van der Waals surface area contributed by atoms with Crippen LogP contribution in [0.4, 0.5) is 5.69 Å². The molecule has 0 aliphatic rings. The van der Waals surface area contributed by atoms with Gasteiger partial charge in [0.25, 0.3) is 0 Å². The van der Waals surface area contributed by atoms with E-state index in [0.717, 1.165) is 0 Å². The number of hydrogen-bond donors (Lipinski definition) is 2. The van der Waals surface area contributed by atoms with E-state index in [-0.39, 0.29) is 5.56 Å². The van der Waals surface area contributed by atoms with Crippen molar-refractivity contribution in [3.8, 4) is 0 Å². The summed E-state index contributed by atoms with van der Waals surface area (Å²) in [5.74, 6) is 4.16. The van der Waals surface area contributed by atoms with Gasteiger partial charge >= 0.3 is 5.97 Å². The van der Waals surface area contributed by atoms with Gasteiger partial charge in [-0.25, -0.2) is 9.00 Å². The van der Waals surface area contributed by atoms with Crippen molar-refractivity contribution in [3.05, 3.63) is 29.8 Å². The first kappa shape index (κ1) is 10.6. The van der Waals surface area contributed by atoms with Crippen LogP contribution in [0.1, 0.15) is 10.4 Å². The normalized spacial score (nSPS) is 11.9. The molecule has 0 fully saturated rings. The summed E-state index contributed by atoms with van der Waals surface area (Å²) in [5, 5.41) is 0. The lowest BCUT2D eigenvalue weighted by Gasteiger charge is -2.05. The van der Waals surface area contributed by atoms with Gasteiger partial charge in [0.05, 0.1) is 5.56 Å². The molecule has 0 aliphatic carbocycles. The fraction of sp³-hybridized carbons (Fsp3) is 0. The van der Waals surface area contributed by atoms with Crippen molar-refractivity contribution in [2.24, 2.45) is 5.84 Å². The maximum absolute atomic E-state index is 11.0. The van der Waals surface area contributed by atoms with Crippen LogP contribution in [0.2, 0.25) is 0 Å². The van der Waals surface area contributed by atoms with Crippen molar-refractivity contribution in [1.82, 2.24) is 0 Å². The third-order valence-corrected chi connectivity index (χ3v) is 1.72. The maximum Gasteiger partial charge on any atom is 0.351 e. The number of rotatable bonds is 3. The Balaban J connectivity index is 2.76. The predicted octanol–water partition coefficient (Wildman–Crippen LogP) is -0.0769. The molecule has 0 saturated heterocycles. The topological polar surface area (TPSA) is 104 Å². The molecule has 14 heavy (non-hydrogen) atoms. The van der Waals surface area contributed by atoms with E-state index in [9.17, 15) is 13.6 Å². The molecule has 1 aromatic rings. The Bertz CT molecular complexity index is 351. The van der Waals surface area contributed by atoms with Gasteiger partial charge in [-0.1, -0.05) is 0 Å². The molecule has 1 unspecified atom stereocenters. The van der Waals surface area contributed by atoms with Crippen LogP contribution in [-0.2, 0) is 15.5 Å². The first-order chi connectivity index (χ1) is 6.63. The van der Waals surface area contributed by atoms with E-state index in [0.29, 0.717) is 5.69 Å². The van der Waals surface area contributed by atoms with Gasteiger partial charge in [0.2, 0.25) is 0 Å². The first-order valence-corrected chi connectivity index (χ1v) is 4.52. The van der Waals surface area contributed by atoms with Crippen LogP contribution >= 0.6 is 0 Å². The number of carbonyl (C=O) groups is 1. The summed E-state index contributed by atoms with van der Waals surface area (Å²) in [4.78, 5) is 11.0. The van der Waals surface area contributed by atoms with Gasteiger partial charge < -0.3 is 14.2 Å². The van der Waals surface area contributed by atoms with Gasteiger partial charge in [-0.2, -0.15) is 0 Å². The van der Waals surface area contributed by atoms with Crippen LogP contribution < -0.4 is 11.3 Å². The minimum absolute atomic E-state index is 0.133. The standard InChI is InChI=1S/C7H8N2O4S/c8-9-6-3-1-5(2-4-6)7(10)13-14(11)12/h1-4,9H,8H2,(H,11,12)/p-1. The number of anilines is 1. The quantitative estimate of drug-likeness (QED) is 0.415. The van der Waals surface area contributed by atoms with Gasteiger partial charge in [0, 0.05) is 5.69 Å². The van der Waals surface area contributed by atoms with Crippen molar-refractivity contribution < 1.29 is 17.7 Å². The van der Waals surface area contributed by atoms with E-state index in [1.54, 1.807) is 0 Å². The van der Waals surface area contributed by atoms with Crippen LogP contribution in [0.25, 0.3) is 0 Å². The van der Waals surface area contributed by atoms with Gasteiger partial charge in [0.1, 0.15) is 11.4 Å². The molecule has 0 saturated carbocycles. The Hall–Kier alpha value is -1.44. The zero-order valence-corrected chi connectivity index (χ0v) is 7.74. The minimum atomic E-state index is -2.84. The average Bonchev–Trinajstić information content (AvgIpc) is 2.17. The molecule has 1 rings (SSSR count). The van der Waals surface area contributed by atoms with E-state index >= 15 is 0 Å². The van der Waals surface area contributed by atoms with Crippen molar-refractivity contribution in [2.75, 3.05) is 5.43 Å². The Morgan fingerprint density at radius 1 is 1.43 bits per heavy atom. The van der Waals surface area contributed by atoms with Crippen LogP contribution in [0.5, 0.6) is 0 Å². The third kappa shape index (κ3) is 2.80. The van der Waals surface area contributed by atoms with Crippen LogP contribution in [0, 0.1) is 0 Å². The Morgan fingerprint density at radius 3 is 2.43 bits per heavy atom. The number of nitrogen functional groups attached to an aromatic ring is 1. The molecule has 76 valence electrons. The third-order valence-electron chi connectivity index (χ3n) is 1.43. The zero-order valence-electron chi connectivity index (χ0n) is 6.93. The van der Waals surface area contributed by atoms with Gasteiger partial charge in [-0.15, -0.1) is 0 Å². The highest BCUT2D eigenvalue weighted by atomic mass is 32.2. The first-order valence-electron chi connectivity index (χ1n) is 3.52. The summed E-state index contributed by atoms with van der Waals surface area (Å²) in [7, 11) is 0. The van der Waals surface area contributed by atoms with Crippen molar-refractivity contribution in [3.63, 3.8) is 0 Å². The number of benzene rings is 1. The summed E-state index contributed by atoms with van der Waals surface area (Å²) >= 11 is -2.84. The minimum Gasteiger partial charge on any atom is -0.740 e. The van der Waals surface area contributed by atoms with E-state index < -0.39 is 17.3 Å². The molecular weight excluding hydrogens is 208 g/mol. The fourth-order valence-corrected chi connectivity index (χ4v) is 1.03. The maximum atomic E-state index is 11.0. The molecule has 0 bridgehead atoms. The second-order valence-corrected chi connectivity index (χ2v) is 2.87. The van der Waals surface area contributed by atoms with Gasteiger partial charge in [-0.05, 0) is 24.3 Å². The van der Waals surface area contributed by atoms with Crippen molar-refractivity contribution in [1.29, 1.82) is 0 Å². The lowest BCUT2D eigenvalue weighted by molar-refractivity contribution is 0.0742. The monoisotopic (exact) mass is 215 g/mol. The van der Waals surface area contributed by atoms with Gasteiger partial charge in [-0.3, -0.25) is 5.84 Å². The fourth-order valence-electron chi connectivity index (χ4n) is 0.812. The molecule has 0 heterocycles. The highest BCUT2D eigenvalue weighted by molar-refractivity contribution is 7.74. The smallest absolute Gasteiger partial charge is 0.351 e. The van der Waals surface area contributed by atoms with E-state index in [4.69, 9.17) is 5.84 Å². The summed E-state index contributed by atoms with van der Waals surface area (Å²) in [5.41, 5.74) is 3.09. The number of hydrogen-bond acceptors (Lipinski definition) is 6. The largest absolute Gasteiger partial charge is 0.740 e. The second kappa shape index (κ2) is 4.70. The lowest BCUT2D eigenvalue weighted by Crippen LogP contribution is -2.09. The SMILES string of the molecule is NNc1ccc(C(=O)OS(=O)[O-])cc1.